The zero-order chi connectivity index (χ0) is 28.2. The molecule has 0 bridgehead atoms. The van der Waals surface area contributed by atoms with E-state index in [2.05, 4.69) is 30.9 Å². The lowest BCUT2D eigenvalue weighted by molar-refractivity contribution is -0.193. The lowest BCUT2D eigenvalue weighted by Crippen LogP contribution is -2.32. The van der Waals surface area contributed by atoms with Gasteiger partial charge in [-0.2, -0.15) is 0 Å². The van der Waals surface area contributed by atoms with Crippen LogP contribution in [0.4, 0.5) is 0 Å². The van der Waals surface area contributed by atoms with Gasteiger partial charge in [0, 0.05) is 44.0 Å². The number of hydrogen-bond donors (Lipinski definition) is 2. The molecule has 2 N–H and O–H groups in total. The molecule has 7 heteroatoms. The summed E-state index contributed by atoms with van der Waals surface area (Å²) in [6.07, 6.45) is 19.7. The Bertz CT molecular complexity index is 873. The van der Waals surface area contributed by atoms with Crippen molar-refractivity contribution in [1.29, 1.82) is 0 Å². The number of hydrogen-bond acceptors (Lipinski definition) is 6. The highest BCUT2D eigenvalue weighted by Crippen LogP contribution is 2.40. The Morgan fingerprint density at radius 1 is 1.05 bits per heavy atom. The minimum Gasteiger partial charge on any atom is -0.478 e. The van der Waals surface area contributed by atoms with Gasteiger partial charge >= 0.3 is 5.97 Å². The molecular weight excluding hydrogens is 508 g/mol. The van der Waals surface area contributed by atoms with Crippen LogP contribution in [0.25, 0.3) is 0 Å². The van der Waals surface area contributed by atoms with Crippen molar-refractivity contribution in [3.8, 4) is 11.8 Å². The molecule has 8 atom stereocenters. The largest absolute Gasteiger partial charge is 0.478 e. The zero-order valence-electron chi connectivity index (χ0n) is 24.3. The van der Waals surface area contributed by atoms with Gasteiger partial charge in [0.1, 0.15) is 0 Å². The van der Waals surface area contributed by atoms with Crippen LogP contribution >= 0.6 is 0 Å². The van der Waals surface area contributed by atoms with Crippen LogP contribution in [0.2, 0.25) is 0 Å². The molecular formula is C33H50O7. The molecule has 0 aromatic heterocycles. The standard InChI is InChI=1S/C33H50O7/c1-24(11-10-12-25-17-18-25)29(39-32-15-6-8-21-37-32)20-19-27-26(13-4-2-3-5-14-31(35)36)28(34)23-30(27)40-33-16-7-9-22-38-33/h5,14,19-20,24-30,32-34H,2-4,6-9,11,13,15-18,21-23H2,1H3,(H,35,36)/b14-5+,20-19+/t24?,26-,27-,28+,29?,30-,32?,33?/m1/s1. The molecule has 2 saturated carbocycles. The summed E-state index contributed by atoms with van der Waals surface area (Å²) in [5, 5.41) is 19.9. The van der Waals surface area contributed by atoms with Crippen molar-refractivity contribution in [2.24, 2.45) is 23.7 Å². The Morgan fingerprint density at radius 2 is 1.80 bits per heavy atom. The number of carboxylic acids is 1. The summed E-state index contributed by atoms with van der Waals surface area (Å²) in [6, 6.07) is 0. The van der Waals surface area contributed by atoms with Crippen LogP contribution in [0.15, 0.2) is 24.3 Å². The second-order valence-electron chi connectivity index (χ2n) is 12.1. The van der Waals surface area contributed by atoms with Crippen molar-refractivity contribution in [2.75, 3.05) is 13.2 Å². The Balaban J connectivity index is 1.44. The molecule has 224 valence electrons. The van der Waals surface area contributed by atoms with E-state index < -0.39 is 12.1 Å². The maximum atomic E-state index is 11.1. The maximum absolute atomic E-state index is 11.1. The van der Waals surface area contributed by atoms with E-state index in [9.17, 15) is 9.90 Å². The highest BCUT2D eigenvalue weighted by molar-refractivity contribution is 5.79. The minimum absolute atomic E-state index is 0.0539. The lowest BCUT2D eigenvalue weighted by atomic mass is 9.87. The van der Waals surface area contributed by atoms with Crippen LogP contribution in [0, 0.1) is 35.5 Å². The van der Waals surface area contributed by atoms with Gasteiger partial charge in [0.2, 0.25) is 0 Å². The highest BCUT2D eigenvalue weighted by Gasteiger charge is 2.43. The van der Waals surface area contributed by atoms with Gasteiger partial charge in [-0.1, -0.05) is 37.5 Å². The zero-order valence-corrected chi connectivity index (χ0v) is 24.3. The van der Waals surface area contributed by atoms with Crippen molar-refractivity contribution >= 4 is 5.97 Å². The number of aliphatic hydroxyl groups is 1. The van der Waals surface area contributed by atoms with Gasteiger partial charge in [0.15, 0.2) is 12.6 Å². The smallest absolute Gasteiger partial charge is 0.327 e. The summed E-state index contributed by atoms with van der Waals surface area (Å²) in [4.78, 5) is 10.7. The second kappa shape index (κ2) is 16.7. The van der Waals surface area contributed by atoms with E-state index in [4.69, 9.17) is 24.1 Å². The number of unbranched alkanes of at least 4 members (excludes halogenated alkanes) is 2. The molecule has 2 heterocycles. The SMILES string of the molecule is CC(CC#CC1CC1)C(/C=C/[C@@H]1[C@@H](CCCC/C=C/C(=O)O)[C@@H](O)C[C@H]1OC1CCCCO1)OC1CCCCO1. The van der Waals surface area contributed by atoms with Crippen LogP contribution < -0.4 is 0 Å². The van der Waals surface area contributed by atoms with Crippen molar-refractivity contribution in [1.82, 2.24) is 0 Å². The first-order chi connectivity index (χ1) is 19.5. The second-order valence-corrected chi connectivity index (χ2v) is 12.1. The summed E-state index contributed by atoms with van der Waals surface area (Å²) in [5.41, 5.74) is 0. The molecule has 0 amide bonds. The molecule has 0 radical (unpaired) electrons. The fourth-order valence-corrected chi connectivity index (χ4v) is 6.05. The molecule has 0 aromatic carbocycles. The monoisotopic (exact) mass is 558 g/mol. The quantitative estimate of drug-likeness (QED) is 0.117. The van der Waals surface area contributed by atoms with Crippen LogP contribution in [0.1, 0.15) is 96.8 Å². The van der Waals surface area contributed by atoms with E-state index in [1.54, 1.807) is 6.08 Å². The molecule has 4 aliphatic rings. The maximum Gasteiger partial charge on any atom is 0.327 e. The molecule has 2 saturated heterocycles. The molecule has 4 unspecified atom stereocenters. The first-order valence-corrected chi connectivity index (χ1v) is 15.8. The summed E-state index contributed by atoms with van der Waals surface area (Å²) in [6.45, 7) is 3.67. The Morgan fingerprint density at radius 3 is 2.48 bits per heavy atom. The fraction of sp³-hybridized carbons (Fsp3) is 0.788. The van der Waals surface area contributed by atoms with Crippen LogP contribution in [0.5, 0.6) is 0 Å². The highest BCUT2D eigenvalue weighted by atomic mass is 16.7. The predicted molar refractivity (Wildman–Crippen MR) is 153 cm³/mol. The Kier molecular flexibility index (Phi) is 13.0. The molecule has 2 aliphatic heterocycles. The van der Waals surface area contributed by atoms with Gasteiger partial charge in [-0.25, -0.2) is 4.79 Å². The minimum atomic E-state index is -0.913. The van der Waals surface area contributed by atoms with E-state index in [0.717, 1.165) is 83.8 Å². The van der Waals surface area contributed by atoms with E-state index in [0.29, 0.717) is 12.3 Å². The number of carbonyl (C=O) groups is 1. The number of rotatable bonds is 14. The van der Waals surface area contributed by atoms with E-state index in [1.807, 2.05) is 0 Å². The molecule has 0 spiro atoms. The topological polar surface area (TPSA) is 94.5 Å². The van der Waals surface area contributed by atoms with Crippen LogP contribution in [0.3, 0.4) is 0 Å². The van der Waals surface area contributed by atoms with Gasteiger partial charge in [0.25, 0.3) is 0 Å². The van der Waals surface area contributed by atoms with Crippen LogP contribution in [-0.2, 0) is 23.7 Å². The van der Waals surface area contributed by atoms with Crippen molar-refractivity contribution in [2.45, 2.75) is 128 Å². The predicted octanol–water partition coefficient (Wildman–Crippen LogP) is 6.00. The van der Waals surface area contributed by atoms with E-state index in [1.165, 1.54) is 18.9 Å². The average molecular weight is 559 g/mol. The third kappa shape index (κ3) is 10.6. The molecule has 40 heavy (non-hydrogen) atoms. The van der Waals surface area contributed by atoms with Gasteiger partial charge in [-0.3, -0.25) is 0 Å². The van der Waals surface area contributed by atoms with Crippen molar-refractivity contribution < 1.29 is 34.0 Å². The van der Waals surface area contributed by atoms with Crippen molar-refractivity contribution in [3.63, 3.8) is 0 Å². The van der Waals surface area contributed by atoms with E-state index >= 15 is 0 Å². The Hall–Kier alpha value is -1.69. The van der Waals surface area contributed by atoms with Crippen LogP contribution in [-0.4, -0.2) is 60.3 Å². The van der Waals surface area contributed by atoms with Gasteiger partial charge in [-0.15, -0.1) is 5.92 Å². The number of aliphatic carboxylic acids is 1. The summed E-state index contributed by atoms with van der Waals surface area (Å²) >= 11 is 0. The molecule has 7 nitrogen and oxygen atoms in total. The lowest BCUT2D eigenvalue weighted by Gasteiger charge is -2.31. The molecule has 4 rings (SSSR count). The summed E-state index contributed by atoms with van der Waals surface area (Å²) < 4.78 is 24.8. The molecule has 2 aliphatic carbocycles. The summed E-state index contributed by atoms with van der Waals surface area (Å²) in [5.74, 6) is 6.81. The number of aliphatic hydroxyl groups excluding tert-OH is 1. The number of carboxylic acid groups (broad SMARTS) is 1. The van der Waals surface area contributed by atoms with Gasteiger partial charge in [-0.05, 0) is 82.5 Å². The fourth-order valence-electron chi connectivity index (χ4n) is 6.05. The number of ether oxygens (including phenoxy) is 4. The van der Waals surface area contributed by atoms with Crippen molar-refractivity contribution in [3.05, 3.63) is 24.3 Å². The third-order valence-electron chi connectivity index (χ3n) is 8.61. The normalized spacial score (nSPS) is 32.6. The summed E-state index contributed by atoms with van der Waals surface area (Å²) in [7, 11) is 0. The third-order valence-corrected chi connectivity index (χ3v) is 8.61. The first-order valence-electron chi connectivity index (χ1n) is 15.8. The van der Waals surface area contributed by atoms with Gasteiger partial charge < -0.3 is 29.2 Å². The van der Waals surface area contributed by atoms with Gasteiger partial charge in [0.05, 0.1) is 18.3 Å². The number of allylic oxidation sites excluding steroid dienone is 1. The first kappa shape index (κ1) is 31.3. The average Bonchev–Trinajstić information content (AvgIpc) is 3.73. The molecule has 4 fully saturated rings. The van der Waals surface area contributed by atoms with E-state index in [-0.39, 0.29) is 42.5 Å². The molecule has 0 aromatic rings. The Labute approximate surface area is 240 Å².